The van der Waals surface area contributed by atoms with Crippen molar-refractivity contribution in [2.75, 3.05) is 0 Å². The number of benzene rings is 1. The summed E-state index contributed by atoms with van der Waals surface area (Å²) < 4.78 is 2.15. The van der Waals surface area contributed by atoms with Gasteiger partial charge < -0.3 is 15.0 Å². The van der Waals surface area contributed by atoms with Crippen LogP contribution in [0.4, 0.5) is 0 Å². The van der Waals surface area contributed by atoms with Gasteiger partial charge in [0, 0.05) is 41.3 Å². The molecule has 0 fully saturated rings. The normalized spacial score (nSPS) is 15.1. The van der Waals surface area contributed by atoms with Crippen molar-refractivity contribution in [1.82, 2.24) is 9.88 Å². The molecule has 1 heterocycles. The minimum absolute atomic E-state index is 0.0320. The number of aliphatic hydroxyl groups is 1. The SMILES string of the molecule is Cc1c(C(O)C(C)NC(C)C)c2ccccc2n1C. The number of fused-ring (bicyclic) bond motifs is 1. The first-order valence-electron chi connectivity index (χ1n) is 6.91. The molecular weight excluding hydrogens is 236 g/mol. The molecule has 19 heavy (non-hydrogen) atoms. The maximum Gasteiger partial charge on any atom is 0.0963 e. The van der Waals surface area contributed by atoms with Crippen LogP contribution in [0.25, 0.3) is 10.9 Å². The monoisotopic (exact) mass is 260 g/mol. The van der Waals surface area contributed by atoms with Crippen molar-refractivity contribution < 1.29 is 5.11 Å². The molecule has 2 N–H and O–H groups in total. The van der Waals surface area contributed by atoms with Crippen LogP contribution in [0.2, 0.25) is 0 Å². The molecule has 1 aromatic heterocycles. The zero-order valence-corrected chi connectivity index (χ0v) is 12.4. The van der Waals surface area contributed by atoms with Gasteiger partial charge in [-0.1, -0.05) is 32.0 Å². The molecule has 104 valence electrons. The Morgan fingerprint density at radius 2 is 1.79 bits per heavy atom. The molecule has 2 rings (SSSR count). The lowest BCUT2D eigenvalue weighted by molar-refractivity contribution is 0.132. The Morgan fingerprint density at radius 3 is 2.42 bits per heavy atom. The fraction of sp³-hybridized carbons (Fsp3) is 0.500. The van der Waals surface area contributed by atoms with Gasteiger partial charge in [-0.2, -0.15) is 0 Å². The van der Waals surface area contributed by atoms with Gasteiger partial charge in [0.2, 0.25) is 0 Å². The van der Waals surface area contributed by atoms with Gasteiger partial charge in [0.05, 0.1) is 6.10 Å². The first kappa shape index (κ1) is 14.1. The molecule has 0 aliphatic rings. The lowest BCUT2D eigenvalue weighted by Crippen LogP contribution is -2.37. The Hall–Kier alpha value is -1.32. The summed E-state index contributed by atoms with van der Waals surface area (Å²) in [7, 11) is 2.05. The minimum atomic E-state index is -0.492. The zero-order chi connectivity index (χ0) is 14.2. The molecule has 0 saturated heterocycles. The summed E-state index contributed by atoms with van der Waals surface area (Å²) in [5, 5.41) is 15.2. The Labute approximate surface area is 115 Å². The van der Waals surface area contributed by atoms with Crippen LogP contribution in [0.1, 0.15) is 38.1 Å². The van der Waals surface area contributed by atoms with Crippen LogP contribution in [0.5, 0.6) is 0 Å². The van der Waals surface area contributed by atoms with Gasteiger partial charge in [0.1, 0.15) is 0 Å². The quantitative estimate of drug-likeness (QED) is 0.887. The molecule has 2 aromatic rings. The predicted molar refractivity (Wildman–Crippen MR) is 80.3 cm³/mol. The molecule has 0 amide bonds. The van der Waals surface area contributed by atoms with E-state index >= 15 is 0 Å². The highest BCUT2D eigenvalue weighted by Crippen LogP contribution is 2.31. The summed E-state index contributed by atoms with van der Waals surface area (Å²) in [6.45, 7) is 8.30. The van der Waals surface area contributed by atoms with E-state index in [1.807, 2.05) is 19.1 Å². The van der Waals surface area contributed by atoms with E-state index in [1.165, 1.54) is 5.52 Å². The van der Waals surface area contributed by atoms with Crippen LogP contribution in [0, 0.1) is 6.92 Å². The van der Waals surface area contributed by atoms with Crippen LogP contribution >= 0.6 is 0 Å². The van der Waals surface area contributed by atoms with Gasteiger partial charge in [-0.25, -0.2) is 0 Å². The number of aliphatic hydroxyl groups excluding tert-OH is 1. The standard InChI is InChI=1S/C16H24N2O/c1-10(2)17-11(3)16(19)15-12(4)18(5)14-9-7-6-8-13(14)15/h6-11,16-17,19H,1-5H3. The van der Waals surface area contributed by atoms with Crippen molar-refractivity contribution in [2.24, 2.45) is 7.05 Å². The number of aryl methyl sites for hydroxylation is 1. The van der Waals surface area contributed by atoms with E-state index in [0.717, 1.165) is 16.6 Å². The van der Waals surface area contributed by atoms with E-state index in [9.17, 15) is 5.11 Å². The van der Waals surface area contributed by atoms with Crippen LogP contribution in [0.15, 0.2) is 24.3 Å². The number of rotatable bonds is 4. The van der Waals surface area contributed by atoms with Gasteiger partial charge in [-0.15, -0.1) is 0 Å². The number of para-hydroxylation sites is 1. The smallest absolute Gasteiger partial charge is 0.0963 e. The average molecular weight is 260 g/mol. The number of nitrogens with one attached hydrogen (secondary N) is 1. The second kappa shape index (κ2) is 5.35. The average Bonchev–Trinajstić information content (AvgIpc) is 2.61. The molecule has 3 heteroatoms. The van der Waals surface area contributed by atoms with Crippen molar-refractivity contribution in [3.8, 4) is 0 Å². The second-order valence-electron chi connectivity index (χ2n) is 5.63. The fourth-order valence-corrected chi connectivity index (χ4v) is 2.79. The highest BCUT2D eigenvalue weighted by atomic mass is 16.3. The maximum atomic E-state index is 10.7. The molecule has 0 bridgehead atoms. The van der Waals surface area contributed by atoms with Crippen molar-refractivity contribution in [2.45, 2.75) is 45.9 Å². The first-order valence-corrected chi connectivity index (χ1v) is 6.91. The predicted octanol–water partition coefficient (Wildman–Crippen LogP) is 2.91. The Morgan fingerprint density at radius 1 is 1.16 bits per heavy atom. The van der Waals surface area contributed by atoms with Gasteiger partial charge in [0.25, 0.3) is 0 Å². The Kier molecular flexibility index (Phi) is 3.97. The minimum Gasteiger partial charge on any atom is -0.387 e. The van der Waals surface area contributed by atoms with Crippen LogP contribution in [-0.2, 0) is 7.05 Å². The highest BCUT2D eigenvalue weighted by Gasteiger charge is 2.23. The van der Waals surface area contributed by atoms with E-state index in [0.29, 0.717) is 6.04 Å². The Balaban J connectivity index is 2.47. The third-order valence-corrected chi connectivity index (χ3v) is 3.81. The van der Waals surface area contributed by atoms with Gasteiger partial charge in [0.15, 0.2) is 0 Å². The van der Waals surface area contributed by atoms with Crippen molar-refractivity contribution in [3.05, 3.63) is 35.5 Å². The maximum absolute atomic E-state index is 10.7. The lowest BCUT2D eigenvalue weighted by Gasteiger charge is -2.23. The summed E-state index contributed by atoms with van der Waals surface area (Å²) in [6.07, 6.45) is -0.492. The van der Waals surface area contributed by atoms with Crippen molar-refractivity contribution in [3.63, 3.8) is 0 Å². The van der Waals surface area contributed by atoms with Gasteiger partial charge in [-0.3, -0.25) is 0 Å². The molecule has 2 unspecified atom stereocenters. The summed E-state index contributed by atoms with van der Waals surface area (Å²) in [4.78, 5) is 0. The number of nitrogens with zero attached hydrogens (tertiary/aromatic N) is 1. The zero-order valence-electron chi connectivity index (χ0n) is 12.4. The Bertz CT molecular complexity index is 571. The molecule has 2 atom stereocenters. The van der Waals surface area contributed by atoms with E-state index in [-0.39, 0.29) is 6.04 Å². The second-order valence-corrected chi connectivity index (χ2v) is 5.63. The third kappa shape index (κ3) is 2.53. The summed E-state index contributed by atoms with van der Waals surface area (Å²) >= 11 is 0. The van der Waals surface area contributed by atoms with E-state index in [2.05, 4.69) is 49.8 Å². The summed E-state index contributed by atoms with van der Waals surface area (Å²) in [6, 6.07) is 8.64. The molecule has 0 aliphatic heterocycles. The van der Waals surface area contributed by atoms with Crippen molar-refractivity contribution in [1.29, 1.82) is 0 Å². The molecule has 0 aliphatic carbocycles. The molecular formula is C16H24N2O. The van der Waals surface area contributed by atoms with Crippen molar-refractivity contribution >= 4 is 10.9 Å². The summed E-state index contributed by atoms with van der Waals surface area (Å²) in [5.41, 5.74) is 3.34. The highest BCUT2D eigenvalue weighted by molar-refractivity contribution is 5.85. The number of aromatic nitrogens is 1. The summed E-state index contributed by atoms with van der Waals surface area (Å²) in [5.74, 6) is 0. The number of hydrogen-bond donors (Lipinski definition) is 2. The van der Waals surface area contributed by atoms with Crippen LogP contribution < -0.4 is 5.32 Å². The van der Waals surface area contributed by atoms with Gasteiger partial charge in [-0.05, 0) is 19.9 Å². The van der Waals surface area contributed by atoms with Crippen LogP contribution in [-0.4, -0.2) is 21.8 Å². The topological polar surface area (TPSA) is 37.2 Å². The number of hydrogen-bond acceptors (Lipinski definition) is 2. The third-order valence-electron chi connectivity index (χ3n) is 3.81. The largest absolute Gasteiger partial charge is 0.387 e. The first-order chi connectivity index (χ1) is 8.93. The molecule has 0 radical (unpaired) electrons. The lowest BCUT2D eigenvalue weighted by atomic mass is 10.00. The van der Waals surface area contributed by atoms with Crippen LogP contribution in [0.3, 0.4) is 0 Å². The molecule has 1 aromatic carbocycles. The molecule has 0 saturated carbocycles. The molecule has 0 spiro atoms. The van der Waals surface area contributed by atoms with E-state index < -0.39 is 6.10 Å². The molecule has 3 nitrogen and oxygen atoms in total. The van der Waals surface area contributed by atoms with Gasteiger partial charge >= 0.3 is 0 Å². The van der Waals surface area contributed by atoms with E-state index in [1.54, 1.807) is 0 Å². The van der Waals surface area contributed by atoms with E-state index in [4.69, 9.17) is 0 Å². The fourth-order valence-electron chi connectivity index (χ4n) is 2.79.